The van der Waals surface area contributed by atoms with Gasteiger partial charge in [0.1, 0.15) is 6.23 Å². The van der Waals surface area contributed by atoms with E-state index in [-0.39, 0.29) is 6.23 Å². The summed E-state index contributed by atoms with van der Waals surface area (Å²) in [6.07, 6.45) is 5.20. The highest BCUT2D eigenvalue weighted by Crippen LogP contribution is 2.16. The van der Waals surface area contributed by atoms with Crippen molar-refractivity contribution >= 4 is 12.4 Å². The van der Waals surface area contributed by atoms with E-state index in [2.05, 4.69) is 5.32 Å². The number of nitrogens with one attached hydrogen (secondary N) is 1. The minimum Gasteiger partial charge on any atom is -0.358 e. The fraction of sp³-hybridized carbons (Fsp3) is 0.556. The summed E-state index contributed by atoms with van der Waals surface area (Å²) in [5.74, 6) is 0. The molecule has 0 radical (unpaired) electrons. The lowest BCUT2D eigenvalue weighted by molar-refractivity contribution is -0.108. The van der Waals surface area contributed by atoms with E-state index in [0.717, 1.165) is 12.8 Å². The molecule has 3 amide bonds. The van der Waals surface area contributed by atoms with Crippen molar-refractivity contribution < 1.29 is 14.3 Å². The van der Waals surface area contributed by atoms with Crippen molar-refractivity contribution in [2.75, 3.05) is 6.61 Å². The predicted molar refractivity (Wildman–Crippen MR) is 50.2 cm³/mol. The van der Waals surface area contributed by atoms with Gasteiger partial charge < -0.3 is 4.74 Å². The summed E-state index contributed by atoms with van der Waals surface area (Å²) >= 11 is 0. The standard InChI is InChI=1S/C9H14N2O3/c1-2-5-11(9(13)10-7-12)8-4-3-6-14-8/h2,5,7-8H,3-4,6H2,1H3,(H,10,12,13)/b5-2-. The van der Waals surface area contributed by atoms with Crippen LogP contribution in [0, 0.1) is 0 Å². The van der Waals surface area contributed by atoms with Gasteiger partial charge in [-0.1, -0.05) is 6.08 Å². The lowest BCUT2D eigenvalue weighted by Crippen LogP contribution is -2.42. The molecular weight excluding hydrogens is 184 g/mol. The van der Waals surface area contributed by atoms with Crippen LogP contribution < -0.4 is 5.32 Å². The van der Waals surface area contributed by atoms with Gasteiger partial charge >= 0.3 is 6.03 Å². The zero-order valence-corrected chi connectivity index (χ0v) is 8.10. The third kappa shape index (κ3) is 2.56. The highest BCUT2D eigenvalue weighted by Gasteiger charge is 2.25. The van der Waals surface area contributed by atoms with E-state index in [1.165, 1.54) is 4.90 Å². The number of ether oxygens (including phenoxy) is 1. The van der Waals surface area contributed by atoms with Gasteiger partial charge in [0.25, 0.3) is 0 Å². The fourth-order valence-electron chi connectivity index (χ4n) is 1.36. The van der Waals surface area contributed by atoms with E-state index in [1.807, 2.05) is 0 Å². The number of hydrogen-bond acceptors (Lipinski definition) is 3. The van der Waals surface area contributed by atoms with Crippen molar-refractivity contribution in [2.24, 2.45) is 0 Å². The largest absolute Gasteiger partial charge is 0.358 e. The van der Waals surface area contributed by atoms with E-state index >= 15 is 0 Å². The average Bonchev–Trinajstić information content (AvgIpc) is 2.67. The van der Waals surface area contributed by atoms with Gasteiger partial charge in [-0.25, -0.2) is 4.79 Å². The first kappa shape index (κ1) is 10.7. The van der Waals surface area contributed by atoms with Crippen molar-refractivity contribution in [3.63, 3.8) is 0 Å². The van der Waals surface area contributed by atoms with Gasteiger partial charge in [0.2, 0.25) is 6.41 Å². The molecule has 1 N–H and O–H groups in total. The first-order chi connectivity index (χ1) is 6.79. The van der Waals surface area contributed by atoms with Crippen LogP contribution in [-0.2, 0) is 9.53 Å². The van der Waals surface area contributed by atoms with E-state index in [9.17, 15) is 9.59 Å². The molecule has 0 aromatic heterocycles. The number of carbonyl (C=O) groups is 2. The highest BCUT2D eigenvalue weighted by molar-refractivity contribution is 5.85. The lowest BCUT2D eigenvalue weighted by Gasteiger charge is -2.23. The number of nitrogens with zero attached hydrogens (tertiary/aromatic N) is 1. The van der Waals surface area contributed by atoms with Crippen LogP contribution in [0.1, 0.15) is 19.8 Å². The van der Waals surface area contributed by atoms with Gasteiger partial charge in [0, 0.05) is 12.8 Å². The van der Waals surface area contributed by atoms with Crippen LogP contribution in [0.25, 0.3) is 0 Å². The molecule has 0 bridgehead atoms. The van der Waals surface area contributed by atoms with Gasteiger partial charge in [-0.15, -0.1) is 0 Å². The lowest BCUT2D eigenvalue weighted by atomic mass is 10.3. The first-order valence-corrected chi connectivity index (χ1v) is 4.56. The molecule has 1 aliphatic rings. The Morgan fingerprint density at radius 3 is 2.93 bits per heavy atom. The number of allylic oxidation sites excluding steroid dienone is 1. The smallest absolute Gasteiger partial charge is 0.329 e. The van der Waals surface area contributed by atoms with Crippen LogP contribution in [0.2, 0.25) is 0 Å². The number of hydrogen-bond donors (Lipinski definition) is 1. The van der Waals surface area contributed by atoms with Crippen LogP contribution in [0.5, 0.6) is 0 Å². The molecule has 0 saturated carbocycles. The van der Waals surface area contributed by atoms with Crippen molar-refractivity contribution in [1.82, 2.24) is 10.2 Å². The molecule has 78 valence electrons. The van der Waals surface area contributed by atoms with Crippen LogP contribution in [0.15, 0.2) is 12.3 Å². The SMILES string of the molecule is C/C=C\N(C(=O)NC=O)C1CCCO1. The molecule has 0 spiro atoms. The van der Waals surface area contributed by atoms with Crippen LogP contribution in [0.4, 0.5) is 4.79 Å². The first-order valence-electron chi connectivity index (χ1n) is 4.56. The topological polar surface area (TPSA) is 58.6 Å². The average molecular weight is 198 g/mol. The minimum atomic E-state index is -0.454. The zero-order valence-electron chi connectivity index (χ0n) is 8.10. The molecule has 1 atom stereocenters. The van der Waals surface area contributed by atoms with Crippen LogP contribution >= 0.6 is 0 Å². The molecule has 1 aliphatic heterocycles. The van der Waals surface area contributed by atoms with Crippen molar-refractivity contribution in [3.8, 4) is 0 Å². The summed E-state index contributed by atoms with van der Waals surface area (Å²) in [5, 5.41) is 2.08. The maximum atomic E-state index is 11.4. The molecule has 1 fully saturated rings. The fourth-order valence-corrected chi connectivity index (χ4v) is 1.36. The molecule has 1 unspecified atom stereocenters. The number of amides is 3. The van der Waals surface area contributed by atoms with E-state index in [1.54, 1.807) is 19.2 Å². The predicted octanol–water partition coefficient (Wildman–Crippen LogP) is 0.824. The molecule has 14 heavy (non-hydrogen) atoms. The summed E-state index contributed by atoms with van der Waals surface area (Å²) in [6, 6.07) is -0.454. The van der Waals surface area contributed by atoms with Crippen LogP contribution in [0.3, 0.4) is 0 Å². The summed E-state index contributed by atoms with van der Waals surface area (Å²) < 4.78 is 5.33. The number of urea groups is 1. The zero-order chi connectivity index (χ0) is 10.4. The highest BCUT2D eigenvalue weighted by atomic mass is 16.5. The number of carbonyl (C=O) groups excluding carboxylic acids is 2. The van der Waals surface area contributed by atoms with Gasteiger partial charge in [-0.3, -0.25) is 15.0 Å². The Balaban J connectivity index is 2.61. The number of imide groups is 1. The second kappa shape index (κ2) is 5.39. The maximum Gasteiger partial charge on any atom is 0.329 e. The Morgan fingerprint density at radius 1 is 1.64 bits per heavy atom. The van der Waals surface area contributed by atoms with E-state index in [0.29, 0.717) is 13.0 Å². The second-order valence-corrected chi connectivity index (χ2v) is 2.92. The summed E-state index contributed by atoms with van der Waals surface area (Å²) in [4.78, 5) is 22.9. The Bertz CT molecular complexity index is 234. The van der Waals surface area contributed by atoms with Crippen LogP contribution in [-0.4, -0.2) is 30.2 Å². The Kier molecular flexibility index (Phi) is 4.12. The molecule has 0 aromatic rings. The third-order valence-electron chi connectivity index (χ3n) is 1.94. The Morgan fingerprint density at radius 2 is 2.43 bits per heavy atom. The summed E-state index contributed by atoms with van der Waals surface area (Å²) in [5.41, 5.74) is 0. The summed E-state index contributed by atoms with van der Waals surface area (Å²) in [7, 11) is 0. The Hall–Kier alpha value is -1.36. The van der Waals surface area contributed by atoms with Crippen molar-refractivity contribution in [3.05, 3.63) is 12.3 Å². The normalized spacial score (nSPS) is 21.1. The van der Waals surface area contributed by atoms with E-state index in [4.69, 9.17) is 4.74 Å². The quantitative estimate of drug-likeness (QED) is 0.683. The molecule has 1 saturated heterocycles. The third-order valence-corrected chi connectivity index (χ3v) is 1.94. The van der Waals surface area contributed by atoms with Gasteiger partial charge in [0.15, 0.2) is 0 Å². The molecule has 5 nitrogen and oxygen atoms in total. The molecule has 1 heterocycles. The number of rotatable bonds is 3. The van der Waals surface area contributed by atoms with Gasteiger partial charge in [-0.05, 0) is 19.8 Å². The van der Waals surface area contributed by atoms with Gasteiger partial charge in [0.05, 0.1) is 0 Å². The van der Waals surface area contributed by atoms with Gasteiger partial charge in [-0.2, -0.15) is 0 Å². The Labute approximate surface area is 82.7 Å². The minimum absolute atomic E-state index is 0.244. The molecule has 5 heteroatoms. The van der Waals surface area contributed by atoms with Crippen molar-refractivity contribution in [2.45, 2.75) is 26.0 Å². The molecule has 0 aromatic carbocycles. The van der Waals surface area contributed by atoms with Crippen molar-refractivity contribution in [1.29, 1.82) is 0 Å². The second-order valence-electron chi connectivity index (χ2n) is 2.92. The maximum absolute atomic E-state index is 11.4. The van der Waals surface area contributed by atoms with E-state index < -0.39 is 6.03 Å². The summed E-state index contributed by atoms with van der Waals surface area (Å²) in [6.45, 7) is 2.46. The molecular formula is C9H14N2O3. The molecule has 1 rings (SSSR count). The monoisotopic (exact) mass is 198 g/mol. The molecule has 0 aliphatic carbocycles.